The van der Waals surface area contributed by atoms with Gasteiger partial charge in [-0.25, -0.2) is 9.37 Å². The Kier molecular flexibility index (Phi) is 3.97. The Bertz CT molecular complexity index is 590. The van der Waals surface area contributed by atoms with Gasteiger partial charge in [-0.2, -0.15) is 0 Å². The van der Waals surface area contributed by atoms with Gasteiger partial charge in [0.2, 0.25) is 0 Å². The fourth-order valence-corrected chi connectivity index (χ4v) is 1.40. The summed E-state index contributed by atoms with van der Waals surface area (Å²) in [5.74, 6) is -0.644. The lowest BCUT2D eigenvalue weighted by molar-refractivity contribution is 0.102. The van der Waals surface area contributed by atoms with Gasteiger partial charge in [0.15, 0.2) is 5.82 Å². The highest BCUT2D eigenvalue weighted by Gasteiger charge is 2.11. The smallest absolute Gasteiger partial charge is 0.276 e. The van der Waals surface area contributed by atoms with Crippen LogP contribution in [0.5, 0.6) is 0 Å². The molecule has 0 aliphatic carbocycles. The SMILES string of the molecule is CCNc1cncc(C(=O)Nc2ccncc2F)n1. The van der Waals surface area contributed by atoms with Gasteiger partial charge in [0.05, 0.1) is 24.3 Å². The lowest BCUT2D eigenvalue weighted by Crippen LogP contribution is -2.16. The molecule has 7 heteroatoms. The van der Waals surface area contributed by atoms with E-state index in [-0.39, 0.29) is 11.4 Å². The van der Waals surface area contributed by atoms with Gasteiger partial charge in [-0.05, 0) is 13.0 Å². The van der Waals surface area contributed by atoms with Gasteiger partial charge < -0.3 is 10.6 Å². The molecule has 0 spiro atoms. The molecule has 98 valence electrons. The maximum Gasteiger partial charge on any atom is 0.276 e. The van der Waals surface area contributed by atoms with E-state index in [1.807, 2.05) is 6.92 Å². The van der Waals surface area contributed by atoms with Crippen LogP contribution < -0.4 is 10.6 Å². The Labute approximate surface area is 109 Å². The summed E-state index contributed by atoms with van der Waals surface area (Å²) in [4.78, 5) is 23.5. The molecule has 2 aromatic rings. The van der Waals surface area contributed by atoms with Crippen LogP contribution in [0.25, 0.3) is 0 Å². The summed E-state index contributed by atoms with van der Waals surface area (Å²) in [5.41, 5.74) is 0.158. The number of anilines is 2. The number of nitrogens with one attached hydrogen (secondary N) is 2. The molecular weight excluding hydrogens is 249 g/mol. The average Bonchev–Trinajstić information content (AvgIpc) is 2.42. The van der Waals surface area contributed by atoms with Crippen molar-refractivity contribution in [1.82, 2.24) is 15.0 Å². The quantitative estimate of drug-likeness (QED) is 0.875. The number of hydrogen-bond donors (Lipinski definition) is 2. The van der Waals surface area contributed by atoms with Gasteiger partial charge in [0, 0.05) is 12.7 Å². The molecule has 19 heavy (non-hydrogen) atoms. The van der Waals surface area contributed by atoms with Crippen molar-refractivity contribution in [3.05, 3.63) is 42.4 Å². The van der Waals surface area contributed by atoms with E-state index in [0.717, 1.165) is 6.20 Å². The van der Waals surface area contributed by atoms with E-state index in [0.29, 0.717) is 12.4 Å². The van der Waals surface area contributed by atoms with Crippen LogP contribution in [0.15, 0.2) is 30.9 Å². The number of carbonyl (C=O) groups excluding carboxylic acids is 1. The summed E-state index contributed by atoms with van der Waals surface area (Å²) in [5, 5.41) is 5.35. The van der Waals surface area contributed by atoms with Gasteiger partial charge in [-0.15, -0.1) is 0 Å². The Morgan fingerprint density at radius 3 is 2.89 bits per heavy atom. The molecule has 0 saturated heterocycles. The number of rotatable bonds is 4. The first-order valence-electron chi connectivity index (χ1n) is 5.67. The van der Waals surface area contributed by atoms with Crippen molar-refractivity contribution >= 4 is 17.4 Å². The van der Waals surface area contributed by atoms with Crippen LogP contribution in [-0.4, -0.2) is 27.4 Å². The Balaban J connectivity index is 2.16. The minimum atomic E-state index is -0.605. The van der Waals surface area contributed by atoms with Gasteiger partial charge in [-0.3, -0.25) is 14.8 Å². The second-order valence-corrected chi connectivity index (χ2v) is 3.63. The predicted octanol–water partition coefficient (Wildman–Crippen LogP) is 1.69. The van der Waals surface area contributed by atoms with E-state index in [9.17, 15) is 9.18 Å². The first-order chi connectivity index (χ1) is 9.20. The number of halogens is 1. The van der Waals surface area contributed by atoms with Crippen LogP contribution in [0.2, 0.25) is 0 Å². The summed E-state index contributed by atoms with van der Waals surface area (Å²) in [7, 11) is 0. The van der Waals surface area contributed by atoms with E-state index in [2.05, 4.69) is 25.6 Å². The lowest BCUT2D eigenvalue weighted by Gasteiger charge is -2.06. The third-order valence-electron chi connectivity index (χ3n) is 2.25. The molecule has 0 fully saturated rings. The molecule has 0 unspecified atom stereocenters. The molecule has 2 heterocycles. The molecular formula is C12H12FN5O. The highest BCUT2D eigenvalue weighted by Crippen LogP contribution is 2.12. The zero-order valence-electron chi connectivity index (χ0n) is 10.2. The molecule has 6 nitrogen and oxygen atoms in total. The maximum absolute atomic E-state index is 13.3. The number of amides is 1. The highest BCUT2D eigenvalue weighted by molar-refractivity contribution is 6.02. The van der Waals surface area contributed by atoms with Gasteiger partial charge >= 0.3 is 0 Å². The summed E-state index contributed by atoms with van der Waals surface area (Å²) < 4.78 is 13.3. The van der Waals surface area contributed by atoms with Crippen LogP contribution in [0.3, 0.4) is 0 Å². The molecule has 0 radical (unpaired) electrons. The second-order valence-electron chi connectivity index (χ2n) is 3.63. The number of hydrogen-bond acceptors (Lipinski definition) is 5. The van der Waals surface area contributed by atoms with Crippen LogP contribution in [0.4, 0.5) is 15.9 Å². The van der Waals surface area contributed by atoms with Gasteiger partial charge in [0.1, 0.15) is 11.5 Å². The Morgan fingerprint density at radius 1 is 1.32 bits per heavy atom. The fourth-order valence-electron chi connectivity index (χ4n) is 1.40. The first kappa shape index (κ1) is 12.9. The van der Waals surface area contributed by atoms with E-state index in [4.69, 9.17) is 0 Å². The number of nitrogens with zero attached hydrogens (tertiary/aromatic N) is 3. The molecule has 2 rings (SSSR count). The minimum absolute atomic E-state index is 0.0515. The van der Waals surface area contributed by atoms with E-state index in [1.54, 1.807) is 0 Å². The minimum Gasteiger partial charge on any atom is -0.369 e. The number of pyridine rings is 1. The molecule has 0 aromatic carbocycles. The van der Waals surface area contributed by atoms with Gasteiger partial charge in [0.25, 0.3) is 5.91 Å². The molecule has 0 saturated carbocycles. The molecule has 0 aliphatic heterocycles. The maximum atomic E-state index is 13.3. The van der Waals surface area contributed by atoms with Crippen LogP contribution >= 0.6 is 0 Å². The largest absolute Gasteiger partial charge is 0.369 e. The Morgan fingerprint density at radius 2 is 2.16 bits per heavy atom. The van der Waals surface area contributed by atoms with E-state index >= 15 is 0 Å². The summed E-state index contributed by atoms with van der Waals surface area (Å²) in [6, 6.07) is 1.37. The summed E-state index contributed by atoms with van der Waals surface area (Å²) in [6.45, 7) is 2.57. The molecule has 1 amide bonds. The van der Waals surface area contributed by atoms with E-state index in [1.165, 1.54) is 24.7 Å². The van der Waals surface area contributed by atoms with Crippen LogP contribution in [0, 0.1) is 5.82 Å². The van der Waals surface area contributed by atoms with Crippen molar-refractivity contribution in [2.75, 3.05) is 17.2 Å². The zero-order chi connectivity index (χ0) is 13.7. The number of carbonyl (C=O) groups is 1. The lowest BCUT2D eigenvalue weighted by atomic mass is 10.3. The molecule has 2 N–H and O–H groups in total. The van der Waals surface area contributed by atoms with Crippen molar-refractivity contribution in [2.24, 2.45) is 0 Å². The summed E-state index contributed by atoms with van der Waals surface area (Å²) in [6.07, 6.45) is 5.23. The van der Waals surface area contributed by atoms with Crippen molar-refractivity contribution in [1.29, 1.82) is 0 Å². The monoisotopic (exact) mass is 261 g/mol. The molecule has 2 aromatic heterocycles. The predicted molar refractivity (Wildman–Crippen MR) is 68.3 cm³/mol. The van der Waals surface area contributed by atoms with Crippen molar-refractivity contribution < 1.29 is 9.18 Å². The molecule has 0 bridgehead atoms. The topological polar surface area (TPSA) is 79.8 Å². The molecule has 0 atom stereocenters. The summed E-state index contributed by atoms with van der Waals surface area (Å²) >= 11 is 0. The highest BCUT2D eigenvalue weighted by atomic mass is 19.1. The van der Waals surface area contributed by atoms with Crippen molar-refractivity contribution in [3.63, 3.8) is 0 Å². The number of aromatic nitrogens is 3. The van der Waals surface area contributed by atoms with Crippen LogP contribution in [-0.2, 0) is 0 Å². The van der Waals surface area contributed by atoms with Crippen molar-refractivity contribution in [3.8, 4) is 0 Å². The van der Waals surface area contributed by atoms with Crippen LogP contribution in [0.1, 0.15) is 17.4 Å². The third-order valence-corrected chi connectivity index (χ3v) is 2.25. The van der Waals surface area contributed by atoms with Crippen molar-refractivity contribution in [2.45, 2.75) is 6.92 Å². The molecule has 0 aliphatic rings. The van der Waals surface area contributed by atoms with E-state index < -0.39 is 11.7 Å². The average molecular weight is 261 g/mol. The Hall–Kier alpha value is -2.57. The zero-order valence-corrected chi connectivity index (χ0v) is 10.2. The standard InChI is InChI=1S/C12H12FN5O/c1-2-16-11-7-15-6-10(17-11)12(19)18-9-3-4-14-5-8(9)13/h3-7H,2H2,1H3,(H,16,17)(H,14,18,19). The second kappa shape index (κ2) is 5.85. The fraction of sp³-hybridized carbons (Fsp3) is 0.167. The third kappa shape index (κ3) is 3.21. The van der Waals surface area contributed by atoms with Gasteiger partial charge in [-0.1, -0.05) is 0 Å². The normalized spacial score (nSPS) is 10.0. The first-order valence-corrected chi connectivity index (χ1v) is 5.67.